The number of anilines is 2. The van der Waals surface area contributed by atoms with Crippen LogP contribution in [0.4, 0.5) is 16.2 Å². The number of aromatic nitrogens is 5. The molecule has 3 heterocycles. The van der Waals surface area contributed by atoms with E-state index in [4.69, 9.17) is 22.1 Å². The highest BCUT2D eigenvalue weighted by atomic mass is 35.5. The Morgan fingerprint density at radius 1 is 1.14 bits per heavy atom. The van der Waals surface area contributed by atoms with Gasteiger partial charge in [0, 0.05) is 30.1 Å². The summed E-state index contributed by atoms with van der Waals surface area (Å²) >= 11 is 6.06. The number of rotatable bonds is 6. The Labute approximate surface area is 203 Å². The van der Waals surface area contributed by atoms with Crippen LogP contribution < -0.4 is 21.2 Å². The number of pyridine rings is 1. The first-order valence-corrected chi connectivity index (χ1v) is 10.7. The van der Waals surface area contributed by atoms with Crippen LogP contribution in [0.2, 0.25) is 5.02 Å². The predicted molar refractivity (Wildman–Crippen MR) is 128 cm³/mol. The summed E-state index contributed by atoms with van der Waals surface area (Å²) in [5, 5.41) is 6.76. The van der Waals surface area contributed by atoms with E-state index >= 15 is 0 Å². The highest BCUT2D eigenvalue weighted by molar-refractivity contribution is 6.34. The lowest BCUT2D eigenvalue weighted by Crippen LogP contribution is -2.28. The third-order valence-electron chi connectivity index (χ3n) is 4.80. The molecule has 10 nitrogen and oxygen atoms in total. The average molecular weight is 496 g/mol. The second-order valence-corrected chi connectivity index (χ2v) is 7.99. The molecule has 0 unspecified atom stereocenters. The van der Waals surface area contributed by atoms with Gasteiger partial charge in [-0.1, -0.05) is 23.7 Å². The second kappa shape index (κ2) is 9.85. The van der Waals surface area contributed by atoms with Crippen LogP contribution in [-0.2, 0) is 0 Å². The maximum Gasteiger partial charge on any atom is 0.282 e. The summed E-state index contributed by atoms with van der Waals surface area (Å²) in [5.74, 6) is -0.718. The molecule has 0 fully saturated rings. The van der Waals surface area contributed by atoms with Gasteiger partial charge in [-0.2, -0.15) is 5.10 Å². The minimum absolute atomic E-state index is 0.0767. The van der Waals surface area contributed by atoms with Crippen molar-refractivity contribution in [1.82, 2.24) is 24.7 Å². The molecule has 12 heteroatoms. The number of nitrogen functional groups attached to an aromatic ring is 1. The maximum atomic E-state index is 13.4. The number of benzene rings is 1. The molecule has 0 aliphatic carbocycles. The molecule has 1 aromatic carbocycles. The molecule has 0 saturated heterocycles. The molecule has 0 bridgehead atoms. The quantitative estimate of drug-likeness (QED) is 0.407. The number of carbonyl (C=O) groups excluding carboxylic acids is 1. The minimum atomic E-state index is -0.799. The smallest absolute Gasteiger partial charge is 0.282 e. The number of hydrogen-bond donors (Lipinski definition) is 2. The Morgan fingerprint density at radius 3 is 2.49 bits per heavy atom. The Bertz CT molecular complexity index is 1440. The van der Waals surface area contributed by atoms with Gasteiger partial charge in [-0.05, 0) is 31.5 Å². The zero-order valence-electron chi connectivity index (χ0n) is 18.6. The van der Waals surface area contributed by atoms with Crippen LogP contribution in [0, 0.1) is 5.82 Å². The van der Waals surface area contributed by atoms with E-state index in [2.05, 4.69) is 25.4 Å². The summed E-state index contributed by atoms with van der Waals surface area (Å²) in [6.45, 7) is 3.69. The standard InChI is InChI=1S/C23H19ClFN7O3/c1-12(2)32-11-16(13-3-5-14(25)6-4-13)20(33)19(31-32)22(34)30-23-28-9-15(10-29-23)35-17-7-8-27-21(26)18(17)24/h3-12H,1-2H3,(H2,26,27)(H,28,29,30,34). The third-order valence-corrected chi connectivity index (χ3v) is 5.18. The third kappa shape index (κ3) is 5.25. The van der Waals surface area contributed by atoms with E-state index in [0.29, 0.717) is 5.56 Å². The van der Waals surface area contributed by atoms with Gasteiger partial charge >= 0.3 is 0 Å². The molecule has 3 N–H and O–H groups in total. The minimum Gasteiger partial charge on any atom is -0.452 e. The van der Waals surface area contributed by atoms with Crippen LogP contribution in [0.15, 0.2) is 59.9 Å². The average Bonchev–Trinajstić information content (AvgIpc) is 2.84. The van der Waals surface area contributed by atoms with Crippen LogP contribution >= 0.6 is 11.6 Å². The van der Waals surface area contributed by atoms with E-state index < -0.39 is 17.2 Å². The van der Waals surface area contributed by atoms with Crippen molar-refractivity contribution in [2.45, 2.75) is 19.9 Å². The number of nitrogens with one attached hydrogen (secondary N) is 1. The van der Waals surface area contributed by atoms with Crippen molar-refractivity contribution in [1.29, 1.82) is 0 Å². The van der Waals surface area contributed by atoms with E-state index in [0.717, 1.165) is 0 Å². The Morgan fingerprint density at radius 2 is 1.83 bits per heavy atom. The first kappa shape index (κ1) is 23.8. The van der Waals surface area contributed by atoms with E-state index in [1.165, 1.54) is 59.8 Å². The van der Waals surface area contributed by atoms with Crippen molar-refractivity contribution in [3.63, 3.8) is 0 Å². The SMILES string of the molecule is CC(C)n1cc(-c2ccc(F)cc2)c(=O)c(C(=O)Nc2ncc(Oc3ccnc(N)c3Cl)cn2)n1. The molecule has 0 aliphatic heterocycles. The van der Waals surface area contributed by atoms with Crippen molar-refractivity contribution < 1.29 is 13.9 Å². The van der Waals surface area contributed by atoms with Gasteiger partial charge in [0.1, 0.15) is 16.7 Å². The first-order chi connectivity index (χ1) is 16.7. The molecule has 0 spiro atoms. The second-order valence-electron chi connectivity index (χ2n) is 7.61. The Kier molecular flexibility index (Phi) is 6.69. The number of nitrogens with two attached hydrogens (primary N) is 1. The number of ether oxygens (including phenoxy) is 1. The summed E-state index contributed by atoms with van der Waals surface area (Å²) in [6, 6.07) is 6.77. The van der Waals surface area contributed by atoms with Crippen molar-refractivity contribution in [3.8, 4) is 22.6 Å². The largest absolute Gasteiger partial charge is 0.452 e. The lowest BCUT2D eigenvalue weighted by Gasteiger charge is -2.14. The van der Waals surface area contributed by atoms with Gasteiger partial charge in [0.25, 0.3) is 5.91 Å². The predicted octanol–water partition coefficient (Wildman–Crippen LogP) is 4.10. The van der Waals surface area contributed by atoms with Crippen LogP contribution in [0.3, 0.4) is 0 Å². The van der Waals surface area contributed by atoms with E-state index in [1.807, 2.05) is 13.8 Å². The van der Waals surface area contributed by atoms with Crippen molar-refractivity contribution >= 4 is 29.3 Å². The van der Waals surface area contributed by atoms with Gasteiger partial charge in [-0.3, -0.25) is 19.6 Å². The molecule has 3 aromatic heterocycles. The van der Waals surface area contributed by atoms with E-state index in [-0.39, 0.29) is 45.6 Å². The highest BCUT2D eigenvalue weighted by Crippen LogP contribution is 2.31. The fraction of sp³-hybridized carbons (Fsp3) is 0.130. The van der Waals surface area contributed by atoms with Crippen LogP contribution in [0.5, 0.6) is 11.5 Å². The zero-order valence-corrected chi connectivity index (χ0v) is 19.3. The van der Waals surface area contributed by atoms with Crippen molar-refractivity contribution in [3.05, 3.63) is 81.9 Å². The van der Waals surface area contributed by atoms with Gasteiger partial charge in [0.2, 0.25) is 11.4 Å². The van der Waals surface area contributed by atoms with Gasteiger partial charge in [-0.15, -0.1) is 0 Å². The molecular weight excluding hydrogens is 477 g/mol. The molecule has 4 rings (SSSR count). The molecule has 4 aromatic rings. The molecule has 0 aliphatic rings. The number of nitrogens with zero attached hydrogens (tertiary/aromatic N) is 5. The maximum absolute atomic E-state index is 13.4. The monoisotopic (exact) mass is 495 g/mol. The highest BCUT2D eigenvalue weighted by Gasteiger charge is 2.20. The van der Waals surface area contributed by atoms with Gasteiger partial charge in [0.15, 0.2) is 17.2 Å². The van der Waals surface area contributed by atoms with Crippen LogP contribution in [0.25, 0.3) is 11.1 Å². The van der Waals surface area contributed by atoms with Gasteiger partial charge in [-0.25, -0.2) is 19.3 Å². The number of halogens is 2. The Balaban J connectivity index is 1.59. The van der Waals surface area contributed by atoms with Crippen LogP contribution in [0.1, 0.15) is 30.4 Å². The summed E-state index contributed by atoms with van der Waals surface area (Å²) in [4.78, 5) is 37.9. The molecule has 0 atom stereocenters. The molecule has 1 amide bonds. The Hall–Kier alpha value is -4.38. The molecule has 178 valence electrons. The van der Waals surface area contributed by atoms with Crippen molar-refractivity contribution in [2.75, 3.05) is 11.1 Å². The number of carbonyl (C=O) groups is 1. The summed E-state index contributed by atoms with van der Waals surface area (Å²) in [5.41, 5.74) is 5.34. The summed E-state index contributed by atoms with van der Waals surface area (Å²) in [7, 11) is 0. The van der Waals surface area contributed by atoms with Crippen molar-refractivity contribution in [2.24, 2.45) is 0 Å². The fourth-order valence-electron chi connectivity index (χ4n) is 3.00. The number of amides is 1. The van der Waals surface area contributed by atoms with Gasteiger partial charge in [0.05, 0.1) is 12.4 Å². The van der Waals surface area contributed by atoms with E-state index in [9.17, 15) is 14.0 Å². The lowest BCUT2D eigenvalue weighted by molar-refractivity contribution is 0.101. The topological polar surface area (TPSA) is 138 Å². The molecule has 0 radical (unpaired) electrons. The van der Waals surface area contributed by atoms with E-state index in [1.54, 1.807) is 0 Å². The molecular formula is C23H19ClFN7O3. The van der Waals surface area contributed by atoms with Gasteiger partial charge < -0.3 is 10.5 Å². The molecule has 35 heavy (non-hydrogen) atoms. The lowest BCUT2D eigenvalue weighted by atomic mass is 10.1. The summed E-state index contributed by atoms with van der Waals surface area (Å²) in [6.07, 6.45) is 5.58. The summed E-state index contributed by atoms with van der Waals surface area (Å²) < 4.78 is 20.4. The molecule has 0 saturated carbocycles. The fourth-order valence-corrected chi connectivity index (χ4v) is 3.15. The normalized spacial score (nSPS) is 10.9. The zero-order chi connectivity index (χ0) is 25.1. The first-order valence-electron chi connectivity index (χ1n) is 10.3. The van der Waals surface area contributed by atoms with Crippen LogP contribution in [-0.4, -0.2) is 30.6 Å². The number of hydrogen-bond acceptors (Lipinski definition) is 8.